The Hall–Kier alpha value is -3.09. The van der Waals surface area contributed by atoms with Gasteiger partial charge in [-0.25, -0.2) is 0 Å². The molecule has 1 heterocycles. The van der Waals surface area contributed by atoms with E-state index in [4.69, 9.17) is 0 Å². The molecule has 1 N–H and O–H groups in total. The predicted octanol–water partition coefficient (Wildman–Crippen LogP) is 4.73. The minimum absolute atomic E-state index is 0.0550. The van der Waals surface area contributed by atoms with E-state index in [9.17, 15) is 22.8 Å². The van der Waals surface area contributed by atoms with Crippen LogP contribution in [0.5, 0.6) is 0 Å². The molecule has 0 spiro atoms. The Labute approximate surface area is 160 Å². The number of fused-ring (bicyclic) bond motifs is 1. The van der Waals surface area contributed by atoms with Crippen LogP contribution in [-0.4, -0.2) is 24.5 Å². The van der Waals surface area contributed by atoms with E-state index >= 15 is 0 Å². The summed E-state index contributed by atoms with van der Waals surface area (Å²) >= 11 is 0. The van der Waals surface area contributed by atoms with E-state index in [0.717, 1.165) is 23.7 Å². The van der Waals surface area contributed by atoms with Gasteiger partial charge in [0.25, 0.3) is 5.91 Å². The number of carbonyl (C=O) groups excluding carboxylic acids is 2. The number of hydrogen-bond acceptors (Lipinski definition) is 2. The first-order valence-corrected chi connectivity index (χ1v) is 8.73. The normalized spacial score (nSPS) is 13.7. The van der Waals surface area contributed by atoms with Crippen LogP contribution in [0.2, 0.25) is 0 Å². The van der Waals surface area contributed by atoms with Crippen molar-refractivity contribution in [2.75, 3.05) is 16.8 Å². The molecule has 0 aromatic heterocycles. The van der Waals surface area contributed by atoms with Crippen LogP contribution in [0.15, 0.2) is 42.5 Å². The lowest BCUT2D eigenvalue weighted by Crippen LogP contribution is -2.25. The van der Waals surface area contributed by atoms with Crippen molar-refractivity contribution in [1.29, 1.82) is 0 Å². The summed E-state index contributed by atoms with van der Waals surface area (Å²) in [6.07, 6.45) is -2.49. The lowest BCUT2D eigenvalue weighted by Gasteiger charge is -2.16. The summed E-state index contributed by atoms with van der Waals surface area (Å²) in [6, 6.07) is 9.90. The van der Waals surface area contributed by atoms with Crippen LogP contribution in [0, 0.1) is 6.92 Å². The minimum Gasteiger partial charge on any atom is -0.322 e. The maximum absolute atomic E-state index is 12.6. The fourth-order valence-electron chi connectivity index (χ4n) is 3.22. The van der Waals surface area contributed by atoms with Crippen LogP contribution in [0.1, 0.15) is 34.0 Å². The zero-order valence-corrected chi connectivity index (χ0v) is 15.4. The van der Waals surface area contributed by atoms with E-state index < -0.39 is 6.18 Å². The van der Waals surface area contributed by atoms with Gasteiger partial charge in [0.2, 0.25) is 5.91 Å². The van der Waals surface area contributed by atoms with E-state index in [1.54, 1.807) is 24.0 Å². The Balaban J connectivity index is 1.78. The first-order valence-electron chi connectivity index (χ1n) is 8.73. The van der Waals surface area contributed by atoms with Gasteiger partial charge in [-0.05, 0) is 48.2 Å². The molecule has 28 heavy (non-hydrogen) atoms. The number of anilines is 2. The quantitative estimate of drug-likeness (QED) is 0.826. The lowest BCUT2D eigenvalue weighted by atomic mass is 10.0. The Bertz CT molecular complexity index is 965. The van der Waals surface area contributed by atoms with Crippen molar-refractivity contribution in [1.82, 2.24) is 0 Å². The number of nitrogens with zero attached hydrogens (tertiary/aromatic N) is 1. The molecular weight excluding hydrogens is 369 g/mol. The number of halogens is 3. The van der Waals surface area contributed by atoms with Crippen molar-refractivity contribution in [2.24, 2.45) is 0 Å². The van der Waals surface area contributed by atoms with E-state index in [1.165, 1.54) is 25.1 Å². The van der Waals surface area contributed by atoms with Gasteiger partial charge in [-0.2, -0.15) is 13.2 Å². The topological polar surface area (TPSA) is 49.4 Å². The van der Waals surface area contributed by atoms with Gasteiger partial charge in [0.15, 0.2) is 0 Å². The average Bonchev–Trinajstić information content (AvgIpc) is 3.02. The van der Waals surface area contributed by atoms with Crippen LogP contribution >= 0.6 is 0 Å². The van der Waals surface area contributed by atoms with Crippen molar-refractivity contribution in [2.45, 2.75) is 26.4 Å². The smallest absolute Gasteiger partial charge is 0.322 e. The summed E-state index contributed by atoms with van der Waals surface area (Å²) in [4.78, 5) is 26.0. The fraction of sp³-hybridized carbons (Fsp3) is 0.238. The van der Waals surface area contributed by atoms with E-state index in [2.05, 4.69) is 5.32 Å². The third kappa shape index (κ3) is 4.42. The average molecular weight is 388 g/mol. The monoisotopic (exact) mass is 388 g/mol. The van der Waals surface area contributed by atoms with Gasteiger partial charge in [-0.15, -0.1) is 0 Å². The van der Waals surface area contributed by atoms with Crippen molar-refractivity contribution in [3.05, 3.63) is 64.7 Å². The Morgan fingerprint density at radius 1 is 1.14 bits per heavy atom. The van der Waals surface area contributed by atoms with Crippen LogP contribution < -0.4 is 10.2 Å². The molecule has 2 aromatic rings. The zero-order valence-electron chi connectivity index (χ0n) is 15.4. The third-order valence-electron chi connectivity index (χ3n) is 4.58. The molecule has 0 bridgehead atoms. The largest absolute Gasteiger partial charge is 0.409 e. The molecule has 4 nitrogen and oxygen atoms in total. The number of nitrogens with one attached hydrogen (secondary N) is 1. The molecule has 0 saturated carbocycles. The summed E-state index contributed by atoms with van der Waals surface area (Å²) in [7, 11) is 0. The van der Waals surface area contributed by atoms with E-state index in [1.807, 2.05) is 6.07 Å². The predicted molar refractivity (Wildman–Crippen MR) is 102 cm³/mol. The zero-order chi connectivity index (χ0) is 20.5. The highest BCUT2D eigenvalue weighted by molar-refractivity contribution is 6.06. The SMILES string of the molecule is CC(=O)N1CCc2ccc(NC(=O)c3ccc(/C=C/C(F)(F)F)cc3C)cc21. The first-order chi connectivity index (χ1) is 13.1. The molecule has 0 atom stereocenters. The number of alkyl halides is 3. The number of amides is 2. The third-order valence-corrected chi connectivity index (χ3v) is 4.58. The molecule has 0 aliphatic carbocycles. The molecule has 2 amide bonds. The second kappa shape index (κ2) is 7.50. The van der Waals surface area contributed by atoms with Crippen molar-refractivity contribution >= 4 is 29.3 Å². The summed E-state index contributed by atoms with van der Waals surface area (Å²) in [5.41, 5.74) is 3.68. The van der Waals surface area contributed by atoms with Gasteiger partial charge in [-0.3, -0.25) is 9.59 Å². The second-order valence-corrected chi connectivity index (χ2v) is 6.67. The van der Waals surface area contributed by atoms with Crippen LogP contribution in [0.25, 0.3) is 6.08 Å². The van der Waals surface area contributed by atoms with Gasteiger partial charge < -0.3 is 10.2 Å². The molecule has 0 saturated heterocycles. The molecule has 3 rings (SSSR count). The lowest BCUT2D eigenvalue weighted by molar-refractivity contribution is -0.116. The number of carbonyl (C=O) groups is 2. The standard InChI is InChI=1S/C21H19F3N2O2/c1-13-11-15(7-9-21(22,23)24)3-6-18(13)20(28)25-17-5-4-16-8-10-26(14(2)27)19(16)12-17/h3-7,9,11-12H,8,10H2,1-2H3,(H,25,28)/b9-7+. The molecule has 146 valence electrons. The maximum Gasteiger partial charge on any atom is 0.409 e. The highest BCUT2D eigenvalue weighted by Crippen LogP contribution is 2.31. The molecule has 1 aliphatic heterocycles. The number of allylic oxidation sites excluding steroid dienone is 1. The van der Waals surface area contributed by atoms with Gasteiger partial charge in [0.05, 0.1) is 0 Å². The molecule has 0 unspecified atom stereocenters. The Morgan fingerprint density at radius 2 is 1.89 bits per heavy atom. The molecular formula is C21H19F3N2O2. The number of benzene rings is 2. The number of aryl methyl sites for hydroxylation is 1. The minimum atomic E-state index is -4.38. The fourth-order valence-corrected chi connectivity index (χ4v) is 3.22. The first kappa shape index (κ1) is 19.7. The highest BCUT2D eigenvalue weighted by atomic mass is 19.4. The second-order valence-electron chi connectivity index (χ2n) is 6.67. The van der Waals surface area contributed by atoms with Gasteiger partial charge in [0.1, 0.15) is 0 Å². The van der Waals surface area contributed by atoms with Gasteiger partial charge in [-0.1, -0.05) is 24.3 Å². The van der Waals surface area contributed by atoms with E-state index in [0.29, 0.717) is 28.9 Å². The molecule has 2 aromatic carbocycles. The van der Waals surface area contributed by atoms with E-state index in [-0.39, 0.29) is 17.9 Å². The van der Waals surface area contributed by atoms with Gasteiger partial charge >= 0.3 is 6.18 Å². The summed E-state index contributed by atoms with van der Waals surface area (Å²) in [6.45, 7) is 3.78. The summed E-state index contributed by atoms with van der Waals surface area (Å²) < 4.78 is 36.9. The Morgan fingerprint density at radius 3 is 2.54 bits per heavy atom. The van der Waals surface area contributed by atoms with Crippen molar-refractivity contribution < 1.29 is 22.8 Å². The molecule has 7 heteroatoms. The number of rotatable bonds is 3. The van der Waals surface area contributed by atoms with Crippen molar-refractivity contribution in [3.63, 3.8) is 0 Å². The summed E-state index contributed by atoms with van der Waals surface area (Å²) in [5, 5.41) is 2.79. The molecule has 1 aliphatic rings. The van der Waals surface area contributed by atoms with Crippen LogP contribution in [0.4, 0.5) is 24.5 Å². The van der Waals surface area contributed by atoms with Crippen LogP contribution in [-0.2, 0) is 11.2 Å². The molecule has 0 radical (unpaired) electrons. The Kier molecular flexibility index (Phi) is 5.27. The van der Waals surface area contributed by atoms with Crippen LogP contribution in [0.3, 0.4) is 0 Å². The van der Waals surface area contributed by atoms with Crippen molar-refractivity contribution in [3.8, 4) is 0 Å². The molecule has 0 fully saturated rings. The number of hydrogen-bond donors (Lipinski definition) is 1. The summed E-state index contributed by atoms with van der Waals surface area (Å²) in [5.74, 6) is -0.420. The maximum atomic E-state index is 12.6. The highest BCUT2D eigenvalue weighted by Gasteiger charge is 2.23. The van der Waals surface area contributed by atoms with Gasteiger partial charge in [0, 0.05) is 36.5 Å².